The molecule has 76 valence electrons. The van der Waals surface area contributed by atoms with E-state index in [0.717, 1.165) is 35.6 Å². The number of hydrogen-bond acceptors (Lipinski definition) is 1. The zero-order valence-electron chi connectivity index (χ0n) is 8.09. The lowest BCUT2D eigenvalue weighted by Gasteiger charge is -2.04. The van der Waals surface area contributed by atoms with Crippen molar-refractivity contribution < 1.29 is 9.18 Å². The van der Waals surface area contributed by atoms with E-state index in [1.54, 1.807) is 6.07 Å². The molecule has 0 bridgehead atoms. The van der Waals surface area contributed by atoms with Gasteiger partial charge in [-0.1, -0.05) is 0 Å². The number of carbonyl (C=O) groups is 1. The predicted molar refractivity (Wildman–Crippen MR) is 55.2 cm³/mol. The molecular formula is C12H10FNO. The fourth-order valence-electron chi connectivity index (χ4n) is 2.10. The van der Waals surface area contributed by atoms with Crippen LogP contribution in [0, 0.1) is 5.82 Å². The van der Waals surface area contributed by atoms with Gasteiger partial charge >= 0.3 is 0 Å². The van der Waals surface area contributed by atoms with Crippen molar-refractivity contribution in [3.05, 3.63) is 35.8 Å². The van der Waals surface area contributed by atoms with Crippen molar-refractivity contribution in [2.45, 2.75) is 18.3 Å². The van der Waals surface area contributed by atoms with E-state index in [-0.39, 0.29) is 11.2 Å². The van der Waals surface area contributed by atoms with Gasteiger partial charge in [0.05, 0.1) is 5.41 Å². The normalized spacial score (nSPS) is 17.9. The number of nitrogens with one attached hydrogen (secondary N) is 1. The van der Waals surface area contributed by atoms with Crippen LogP contribution in [0.5, 0.6) is 0 Å². The summed E-state index contributed by atoms with van der Waals surface area (Å²) in [5, 5.41) is 0.959. The highest BCUT2D eigenvalue weighted by Gasteiger charge is 2.45. The van der Waals surface area contributed by atoms with Gasteiger partial charge in [-0.05, 0) is 36.6 Å². The summed E-state index contributed by atoms with van der Waals surface area (Å²) in [6, 6.07) is 4.63. The SMILES string of the molecule is O=CC1(c2c[nH]c3cc(F)ccc23)CC1. The zero-order chi connectivity index (χ0) is 10.5. The smallest absolute Gasteiger partial charge is 0.130 e. The average Bonchev–Trinajstić information content (AvgIpc) is 2.93. The molecule has 0 aliphatic heterocycles. The molecule has 1 N–H and O–H groups in total. The molecule has 1 saturated carbocycles. The van der Waals surface area contributed by atoms with E-state index < -0.39 is 0 Å². The predicted octanol–water partition coefficient (Wildman–Crippen LogP) is 2.54. The van der Waals surface area contributed by atoms with Crippen LogP contribution < -0.4 is 0 Å². The minimum absolute atomic E-state index is 0.258. The highest BCUT2D eigenvalue weighted by atomic mass is 19.1. The number of aromatic amines is 1. The Kier molecular flexibility index (Phi) is 1.55. The Hall–Kier alpha value is -1.64. The van der Waals surface area contributed by atoms with E-state index in [9.17, 15) is 9.18 Å². The van der Waals surface area contributed by atoms with Crippen LogP contribution in [0.25, 0.3) is 10.9 Å². The molecule has 15 heavy (non-hydrogen) atoms. The van der Waals surface area contributed by atoms with Crippen LogP contribution in [0.3, 0.4) is 0 Å². The molecule has 0 amide bonds. The third-order valence-corrected chi connectivity index (χ3v) is 3.19. The number of aldehydes is 1. The zero-order valence-corrected chi connectivity index (χ0v) is 8.09. The van der Waals surface area contributed by atoms with E-state index in [2.05, 4.69) is 4.98 Å². The van der Waals surface area contributed by atoms with Crippen molar-refractivity contribution in [3.63, 3.8) is 0 Å². The van der Waals surface area contributed by atoms with E-state index in [1.807, 2.05) is 6.20 Å². The van der Waals surface area contributed by atoms with Crippen molar-refractivity contribution in [2.24, 2.45) is 0 Å². The summed E-state index contributed by atoms with van der Waals surface area (Å²) in [5.74, 6) is -0.258. The molecule has 1 heterocycles. The Morgan fingerprint density at radius 2 is 2.20 bits per heavy atom. The van der Waals surface area contributed by atoms with Crippen LogP contribution in [0.15, 0.2) is 24.4 Å². The Bertz CT molecular complexity index is 540. The number of benzene rings is 1. The van der Waals surface area contributed by atoms with Crippen molar-refractivity contribution in [2.75, 3.05) is 0 Å². The number of fused-ring (bicyclic) bond motifs is 1. The molecule has 1 aliphatic carbocycles. The van der Waals surface area contributed by atoms with Crippen molar-refractivity contribution in [3.8, 4) is 0 Å². The first-order valence-corrected chi connectivity index (χ1v) is 4.99. The van der Waals surface area contributed by atoms with E-state index in [0.29, 0.717) is 0 Å². The third kappa shape index (κ3) is 1.12. The van der Waals surface area contributed by atoms with Crippen LogP contribution in [-0.2, 0) is 10.2 Å². The lowest BCUT2D eigenvalue weighted by Crippen LogP contribution is -2.06. The Morgan fingerprint density at radius 3 is 2.87 bits per heavy atom. The number of H-pyrrole nitrogens is 1. The molecule has 0 radical (unpaired) electrons. The number of hydrogen-bond donors (Lipinski definition) is 1. The summed E-state index contributed by atoms with van der Waals surface area (Å²) in [6.07, 6.45) is 4.64. The highest BCUT2D eigenvalue weighted by molar-refractivity contribution is 5.90. The number of aromatic nitrogens is 1. The first-order chi connectivity index (χ1) is 7.25. The lowest BCUT2D eigenvalue weighted by atomic mass is 9.97. The van der Waals surface area contributed by atoms with Crippen LogP contribution in [-0.4, -0.2) is 11.3 Å². The lowest BCUT2D eigenvalue weighted by molar-refractivity contribution is -0.109. The summed E-state index contributed by atoms with van der Waals surface area (Å²) in [7, 11) is 0. The minimum Gasteiger partial charge on any atom is -0.361 e. The fourth-order valence-corrected chi connectivity index (χ4v) is 2.10. The van der Waals surface area contributed by atoms with Crippen molar-refractivity contribution in [1.82, 2.24) is 4.98 Å². The van der Waals surface area contributed by atoms with Crippen LogP contribution in [0.1, 0.15) is 18.4 Å². The standard InChI is InChI=1S/C12H10FNO/c13-8-1-2-9-10(6-14-11(9)5-8)12(7-15)3-4-12/h1-2,5-7,14H,3-4H2. The van der Waals surface area contributed by atoms with E-state index in [4.69, 9.17) is 0 Å². The van der Waals surface area contributed by atoms with Gasteiger partial charge in [0.25, 0.3) is 0 Å². The first kappa shape index (κ1) is 8.65. The van der Waals surface area contributed by atoms with Crippen LogP contribution in [0.4, 0.5) is 4.39 Å². The first-order valence-electron chi connectivity index (χ1n) is 4.99. The van der Waals surface area contributed by atoms with Gasteiger partial charge in [-0.3, -0.25) is 0 Å². The molecule has 2 nitrogen and oxygen atoms in total. The summed E-state index contributed by atoms with van der Waals surface area (Å²) < 4.78 is 13.0. The molecule has 2 aromatic rings. The van der Waals surface area contributed by atoms with Gasteiger partial charge in [0.2, 0.25) is 0 Å². The Labute approximate surface area is 86.1 Å². The second kappa shape index (κ2) is 2.69. The summed E-state index contributed by atoms with van der Waals surface area (Å²) in [4.78, 5) is 14.0. The third-order valence-electron chi connectivity index (χ3n) is 3.19. The molecule has 0 atom stereocenters. The van der Waals surface area contributed by atoms with Crippen molar-refractivity contribution in [1.29, 1.82) is 0 Å². The molecule has 0 saturated heterocycles. The van der Waals surface area contributed by atoms with Crippen LogP contribution in [0.2, 0.25) is 0 Å². The molecule has 1 aromatic carbocycles. The Balaban J connectivity index is 2.25. The summed E-state index contributed by atoms with van der Waals surface area (Å²) in [5.41, 5.74) is 1.47. The van der Waals surface area contributed by atoms with Crippen LogP contribution >= 0.6 is 0 Å². The van der Waals surface area contributed by atoms with Gasteiger partial charge in [0.1, 0.15) is 12.1 Å². The molecule has 1 fully saturated rings. The number of rotatable bonds is 2. The molecule has 0 unspecified atom stereocenters. The monoisotopic (exact) mass is 203 g/mol. The molecular weight excluding hydrogens is 193 g/mol. The highest BCUT2D eigenvalue weighted by Crippen LogP contribution is 2.48. The summed E-state index contributed by atoms with van der Waals surface area (Å²) in [6.45, 7) is 0. The Morgan fingerprint density at radius 1 is 1.40 bits per heavy atom. The quantitative estimate of drug-likeness (QED) is 0.747. The van der Waals surface area contributed by atoms with E-state index in [1.165, 1.54) is 12.1 Å². The maximum Gasteiger partial charge on any atom is 0.130 e. The fraction of sp³-hybridized carbons (Fsp3) is 0.250. The molecule has 3 heteroatoms. The second-order valence-corrected chi connectivity index (χ2v) is 4.17. The van der Waals surface area contributed by atoms with Gasteiger partial charge in [0, 0.05) is 17.1 Å². The number of carbonyl (C=O) groups excluding carboxylic acids is 1. The summed E-state index contributed by atoms with van der Waals surface area (Å²) >= 11 is 0. The van der Waals surface area contributed by atoms with Gasteiger partial charge < -0.3 is 9.78 Å². The minimum atomic E-state index is -0.296. The molecule has 1 aromatic heterocycles. The second-order valence-electron chi connectivity index (χ2n) is 4.17. The van der Waals surface area contributed by atoms with Gasteiger partial charge in [0.15, 0.2) is 0 Å². The molecule has 3 rings (SSSR count). The average molecular weight is 203 g/mol. The van der Waals surface area contributed by atoms with Gasteiger partial charge in [-0.2, -0.15) is 0 Å². The maximum absolute atomic E-state index is 13.0. The number of halogens is 1. The largest absolute Gasteiger partial charge is 0.361 e. The maximum atomic E-state index is 13.0. The van der Waals surface area contributed by atoms with Gasteiger partial charge in [-0.15, -0.1) is 0 Å². The topological polar surface area (TPSA) is 32.9 Å². The van der Waals surface area contributed by atoms with E-state index >= 15 is 0 Å². The van der Waals surface area contributed by atoms with Crippen molar-refractivity contribution >= 4 is 17.2 Å². The molecule has 0 spiro atoms. The molecule has 1 aliphatic rings. The van der Waals surface area contributed by atoms with Gasteiger partial charge in [-0.25, -0.2) is 4.39 Å².